The Kier molecular flexibility index (Phi) is 4.42. The number of halogens is 1. The maximum atomic E-state index is 12.0. The zero-order valence-corrected chi connectivity index (χ0v) is 12.0. The lowest BCUT2D eigenvalue weighted by molar-refractivity contribution is -0.384. The van der Waals surface area contributed by atoms with Crippen molar-refractivity contribution in [3.8, 4) is 0 Å². The number of nitrogens with zero attached hydrogens (tertiary/aromatic N) is 1. The van der Waals surface area contributed by atoms with E-state index in [9.17, 15) is 19.7 Å². The molecule has 0 spiro atoms. The van der Waals surface area contributed by atoms with E-state index >= 15 is 0 Å². The van der Waals surface area contributed by atoms with Gasteiger partial charge in [-0.05, 0) is 31.9 Å². The molecule has 2 N–H and O–H groups in total. The van der Waals surface area contributed by atoms with Crippen LogP contribution in [0.15, 0.2) is 18.2 Å². The first-order valence-corrected chi connectivity index (χ1v) is 6.81. The van der Waals surface area contributed by atoms with E-state index in [1.807, 2.05) is 0 Å². The Morgan fingerprint density at radius 3 is 2.67 bits per heavy atom. The van der Waals surface area contributed by atoms with Crippen LogP contribution in [0.3, 0.4) is 0 Å². The smallest absolute Gasteiger partial charge is 0.288 e. The molecule has 0 aromatic heterocycles. The van der Waals surface area contributed by atoms with E-state index in [2.05, 4.69) is 10.6 Å². The van der Waals surface area contributed by atoms with Crippen LogP contribution in [-0.4, -0.2) is 28.8 Å². The number of carbonyl (C=O) groups is 2. The number of nitro groups is 1. The van der Waals surface area contributed by atoms with E-state index in [1.54, 1.807) is 6.92 Å². The van der Waals surface area contributed by atoms with E-state index in [1.165, 1.54) is 12.1 Å². The number of benzene rings is 1. The summed E-state index contributed by atoms with van der Waals surface area (Å²) in [4.78, 5) is 33.8. The minimum Gasteiger partial charge on any atom is -0.352 e. The molecule has 2 rings (SSSR count). The van der Waals surface area contributed by atoms with Crippen LogP contribution >= 0.6 is 11.6 Å². The summed E-state index contributed by atoms with van der Waals surface area (Å²) in [7, 11) is 0. The zero-order chi connectivity index (χ0) is 15.6. The third kappa shape index (κ3) is 3.91. The fourth-order valence-electron chi connectivity index (χ4n) is 1.69. The van der Waals surface area contributed by atoms with Gasteiger partial charge in [-0.1, -0.05) is 11.6 Å². The highest BCUT2D eigenvalue weighted by Crippen LogP contribution is 2.25. The summed E-state index contributed by atoms with van der Waals surface area (Å²) in [5, 5.41) is 16.0. The Hall–Kier alpha value is -2.15. The van der Waals surface area contributed by atoms with Gasteiger partial charge in [0.1, 0.15) is 11.1 Å². The molecular formula is C13H14ClN3O4. The zero-order valence-electron chi connectivity index (χ0n) is 11.3. The molecule has 0 aliphatic heterocycles. The molecule has 21 heavy (non-hydrogen) atoms. The number of nitrogens with one attached hydrogen (secondary N) is 2. The van der Waals surface area contributed by atoms with Crippen molar-refractivity contribution in [3.63, 3.8) is 0 Å². The molecule has 0 saturated heterocycles. The summed E-state index contributed by atoms with van der Waals surface area (Å²) in [6.45, 7) is 1.56. The molecule has 0 heterocycles. The second kappa shape index (κ2) is 6.09. The fraction of sp³-hybridized carbons (Fsp3) is 0.385. The van der Waals surface area contributed by atoms with Gasteiger partial charge in [0, 0.05) is 17.7 Å². The molecule has 1 aromatic carbocycles. The predicted octanol–water partition coefficient (Wildman–Crippen LogP) is 1.65. The van der Waals surface area contributed by atoms with Crippen molar-refractivity contribution in [1.82, 2.24) is 10.6 Å². The van der Waals surface area contributed by atoms with Gasteiger partial charge in [0.2, 0.25) is 5.91 Å². The van der Waals surface area contributed by atoms with Crippen molar-refractivity contribution in [2.45, 2.75) is 31.8 Å². The second-order valence-corrected chi connectivity index (χ2v) is 5.31. The van der Waals surface area contributed by atoms with E-state index in [0.717, 1.165) is 18.9 Å². The standard InChI is InChI=1S/C13H14ClN3O4/c1-7(12(18)16-9-3-4-9)15-13(19)8-2-5-10(14)11(6-8)17(20)21/h2,5-7,9H,3-4H2,1H3,(H,15,19)(H,16,18). The van der Waals surface area contributed by atoms with Gasteiger partial charge < -0.3 is 10.6 Å². The molecule has 1 aromatic rings. The third-order valence-electron chi connectivity index (χ3n) is 3.07. The molecule has 1 atom stereocenters. The van der Waals surface area contributed by atoms with E-state index < -0.39 is 16.9 Å². The second-order valence-electron chi connectivity index (χ2n) is 4.90. The molecule has 0 radical (unpaired) electrons. The number of hydrogen-bond acceptors (Lipinski definition) is 4. The van der Waals surface area contributed by atoms with Gasteiger partial charge in [-0.25, -0.2) is 0 Å². The summed E-state index contributed by atoms with van der Waals surface area (Å²) < 4.78 is 0. The number of carbonyl (C=O) groups excluding carboxylic acids is 2. The summed E-state index contributed by atoms with van der Waals surface area (Å²) in [5.74, 6) is -0.831. The summed E-state index contributed by atoms with van der Waals surface area (Å²) in [6, 6.07) is 3.23. The van der Waals surface area contributed by atoms with Gasteiger partial charge in [0.25, 0.3) is 11.6 Å². The van der Waals surface area contributed by atoms with Crippen molar-refractivity contribution in [1.29, 1.82) is 0 Å². The van der Waals surface area contributed by atoms with Crippen LogP contribution in [0.2, 0.25) is 5.02 Å². The van der Waals surface area contributed by atoms with Crippen LogP contribution < -0.4 is 10.6 Å². The highest BCUT2D eigenvalue weighted by Gasteiger charge is 2.26. The van der Waals surface area contributed by atoms with Crippen LogP contribution in [0.25, 0.3) is 0 Å². The molecule has 8 heteroatoms. The predicted molar refractivity (Wildman–Crippen MR) is 76.2 cm³/mol. The highest BCUT2D eigenvalue weighted by atomic mass is 35.5. The summed E-state index contributed by atoms with van der Waals surface area (Å²) in [5.41, 5.74) is -0.267. The van der Waals surface area contributed by atoms with Gasteiger partial charge in [-0.15, -0.1) is 0 Å². The van der Waals surface area contributed by atoms with Gasteiger partial charge >= 0.3 is 0 Å². The molecule has 1 fully saturated rings. The van der Waals surface area contributed by atoms with Crippen molar-refractivity contribution in [2.75, 3.05) is 0 Å². The lowest BCUT2D eigenvalue weighted by Crippen LogP contribution is -2.45. The molecular weight excluding hydrogens is 298 g/mol. The molecule has 7 nitrogen and oxygen atoms in total. The highest BCUT2D eigenvalue weighted by molar-refractivity contribution is 6.32. The largest absolute Gasteiger partial charge is 0.352 e. The molecule has 1 unspecified atom stereocenters. The van der Waals surface area contributed by atoms with Gasteiger partial charge in [0.05, 0.1) is 4.92 Å². The number of amides is 2. The molecule has 112 valence electrons. The first kappa shape index (κ1) is 15.2. The molecule has 1 saturated carbocycles. The quantitative estimate of drug-likeness (QED) is 0.637. The Balaban J connectivity index is 2.03. The SMILES string of the molecule is CC(NC(=O)c1ccc(Cl)c([N+](=O)[O-])c1)C(=O)NC1CC1. The van der Waals surface area contributed by atoms with Crippen molar-refractivity contribution >= 4 is 29.1 Å². The Labute approximate surface area is 125 Å². The Morgan fingerprint density at radius 2 is 2.10 bits per heavy atom. The maximum absolute atomic E-state index is 12.0. The lowest BCUT2D eigenvalue weighted by atomic mass is 10.1. The normalized spacial score (nSPS) is 15.1. The minimum absolute atomic E-state index is 0.0453. The monoisotopic (exact) mass is 311 g/mol. The first-order chi connectivity index (χ1) is 9.88. The van der Waals surface area contributed by atoms with Gasteiger partial charge in [-0.2, -0.15) is 0 Å². The van der Waals surface area contributed by atoms with Crippen LogP contribution in [-0.2, 0) is 4.79 Å². The van der Waals surface area contributed by atoms with E-state index in [4.69, 9.17) is 11.6 Å². The van der Waals surface area contributed by atoms with E-state index in [-0.39, 0.29) is 28.2 Å². The summed E-state index contributed by atoms with van der Waals surface area (Å²) in [6.07, 6.45) is 1.91. The maximum Gasteiger partial charge on any atom is 0.288 e. The number of rotatable bonds is 5. The van der Waals surface area contributed by atoms with Crippen LogP contribution in [0, 0.1) is 10.1 Å². The average molecular weight is 312 g/mol. The Morgan fingerprint density at radius 1 is 1.43 bits per heavy atom. The van der Waals surface area contributed by atoms with Crippen molar-refractivity contribution < 1.29 is 14.5 Å². The van der Waals surface area contributed by atoms with Crippen molar-refractivity contribution in [2.24, 2.45) is 0 Å². The average Bonchev–Trinajstić information content (AvgIpc) is 3.22. The number of nitro benzene ring substituents is 1. The lowest BCUT2D eigenvalue weighted by Gasteiger charge is -2.13. The minimum atomic E-state index is -0.715. The summed E-state index contributed by atoms with van der Waals surface area (Å²) >= 11 is 5.68. The third-order valence-corrected chi connectivity index (χ3v) is 3.39. The van der Waals surface area contributed by atoms with Crippen LogP contribution in [0.5, 0.6) is 0 Å². The van der Waals surface area contributed by atoms with Crippen LogP contribution in [0.1, 0.15) is 30.1 Å². The number of hydrogen-bond donors (Lipinski definition) is 2. The first-order valence-electron chi connectivity index (χ1n) is 6.43. The van der Waals surface area contributed by atoms with Crippen molar-refractivity contribution in [3.05, 3.63) is 38.9 Å². The fourth-order valence-corrected chi connectivity index (χ4v) is 1.88. The molecule has 1 aliphatic rings. The topological polar surface area (TPSA) is 101 Å². The Bertz CT molecular complexity index is 601. The molecule has 2 amide bonds. The van der Waals surface area contributed by atoms with Gasteiger partial charge in [0.15, 0.2) is 0 Å². The van der Waals surface area contributed by atoms with Crippen LogP contribution in [0.4, 0.5) is 5.69 Å². The van der Waals surface area contributed by atoms with Gasteiger partial charge in [-0.3, -0.25) is 19.7 Å². The molecule has 0 bridgehead atoms. The molecule has 1 aliphatic carbocycles. The van der Waals surface area contributed by atoms with E-state index in [0.29, 0.717) is 0 Å².